The molecule has 0 unspecified atom stereocenters. The van der Waals surface area contributed by atoms with E-state index < -0.39 is 0 Å². The monoisotopic (exact) mass is 310 g/mol. The van der Waals surface area contributed by atoms with Crippen molar-refractivity contribution in [2.45, 2.75) is 5.16 Å². The normalized spacial score (nSPS) is 10.5. The fraction of sp³-hybridized carbons (Fsp3) is 0.0909. The number of rotatable bonds is 2. The molecule has 17 heavy (non-hydrogen) atoms. The smallest absolute Gasteiger partial charge is 0.191 e. The largest absolute Gasteiger partial charge is 0.383 e. The van der Waals surface area contributed by atoms with Crippen LogP contribution in [0.3, 0.4) is 0 Å². The molecule has 0 saturated carbocycles. The van der Waals surface area contributed by atoms with E-state index in [1.165, 1.54) is 11.8 Å². The molecule has 4 nitrogen and oxygen atoms in total. The van der Waals surface area contributed by atoms with E-state index in [1.807, 2.05) is 30.5 Å². The second-order valence-electron chi connectivity index (χ2n) is 3.37. The molecule has 6 heteroatoms. The predicted octanol–water partition coefficient (Wildman–Crippen LogP) is 2.79. The average Bonchev–Trinajstić information content (AvgIpc) is 2.28. The zero-order chi connectivity index (χ0) is 12.4. The first-order chi connectivity index (χ1) is 8.11. The lowest BCUT2D eigenvalue weighted by Gasteiger charge is -2.09. The molecule has 0 aliphatic heterocycles. The van der Waals surface area contributed by atoms with E-state index in [9.17, 15) is 0 Å². The Kier molecular flexibility index (Phi) is 3.54. The second-order valence-corrected chi connectivity index (χ2v) is 5.06. The van der Waals surface area contributed by atoms with E-state index in [-0.39, 0.29) is 0 Å². The second kappa shape index (κ2) is 4.93. The molecule has 0 saturated heterocycles. The van der Waals surface area contributed by atoms with E-state index in [2.05, 4.69) is 25.9 Å². The van der Waals surface area contributed by atoms with E-state index in [1.54, 1.807) is 0 Å². The first kappa shape index (κ1) is 12.2. The summed E-state index contributed by atoms with van der Waals surface area (Å²) in [6, 6.07) is 7.72. The predicted molar refractivity (Wildman–Crippen MR) is 75.8 cm³/mol. The molecule has 0 atom stereocenters. The molecular formula is C11H11BrN4S. The molecule has 0 aliphatic carbocycles. The maximum absolute atomic E-state index is 5.92. The molecule has 1 aromatic carbocycles. The van der Waals surface area contributed by atoms with Crippen LogP contribution in [0.15, 0.2) is 33.9 Å². The zero-order valence-corrected chi connectivity index (χ0v) is 11.5. The lowest BCUT2D eigenvalue weighted by atomic mass is 10.1. The Labute approximate surface area is 112 Å². The topological polar surface area (TPSA) is 77.8 Å². The van der Waals surface area contributed by atoms with Crippen molar-refractivity contribution >= 4 is 39.3 Å². The van der Waals surface area contributed by atoms with Gasteiger partial charge in [-0.2, -0.15) is 0 Å². The molecule has 1 aromatic heterocycles. The molecular weight excluding hydrogens is 300 g/mol. The summed E-state index contributed by atoms with van der Waals surface area (Å²) in [6.07, 6.45) is 1.88. The first-order valence-corrected chi connectivity index (χ1v) is 6.86. The van der Waals surface area contributed by atoms with Crippen LogP contribution in [0.2, 0.25) is 0 Å². The van der Waals surface area contributed by atoms with Gasteiger partial charge < -0.3 is 11.5 Å². The van der Waals surface area contributed by atoms with Gasteiger partial charge >= 0.3 is 0 Å². The summed E-state index contributed by atoms with van der Waals surface area (Å²) in [5, 5.41) is 0.582. The Morgan fingerprint density at radius 3 is 2.35 bits per heavy atom. The molecule has 0 aliphatic rings. The van der Waals surface area contributed by atoms with Gasteiger partial charge in [-0.3, -0.25) is 0 Å². The lowest BCUT2D eigenvalue weighted by Crippen LogP contribution is -2.03. The van der Waals surface area contributed by atoms with Crippen LogP contribution in [0.25, 0.3) is 11.1 Å². The fourth-order valence-electron chi connectivity index (χ4n) is 1.51. The highest BCUT2D eigenvalue weighted by Gasteiger charge is 2.11. The molecule has 2 aromatic rings. The number of anilines is 2. The molecule has 2 rings (SSSR count). The summed E-state index contributed by atoms with van der Waals surface area (Å²) >= 11 is 4.82. The third-order valence-corrected chi connectivity index (χ3v) is 3.28. The molecule has 0 amide bonds. The summed E-state index contributed by atoms with van der Waals surface area (Å²) in [4.78, 5) is 8.39. The standard InChI is InChI=1S/C11H11BrN4S/c1-17-11-15-9(13)8(10(14)16-11)6-3-2-4-7(12)5-6/h2-5H,1H3,(H4,13,14,15,16). The Balaban J connectivity index is 2.60. The van der Waals surface area contributed by atoms with E-state index in [0.717, 1.165) is 10.0 Å². The Hall–Kier alpha value is -1.27. The van der Waals surface area contributed by atoms with Crippen LogP contribution in [-0.2, 0) is 0 Å². The van der Waals surface area contributed by atoms with Crippen molar-refractivity contribution in [2.24, 2.45) is 0 Å². The Morgan fingerprint density at radius 2 is 1.82 bits per heavy atom. The number of nitrogens with zero attached hydrogens (tertiary/aromatic N) is 2. The molecule has 0 bridgehead atoms. The number of benzene rings is 1. The van der Waals surface area contributed by atoms with Gasteiger partial charge in [-0.1, -0.05) is 39.8 Å². The van der Waals surface area contributed by atoms with Gasteiger partial charge in [0.15, 0.2) is 5.16 Å². The highest BCUT2D eigenvalue weighted by molar-refractivity contribution is 9.10. The average molecular weight is 311 g/mol. The van der Waals surface area contributed by atoms with E-state index in [4.69, 9.17) is 11.5 Å². The number of halogens is 1. The van der Waals surface area contributed by atoms with Crippen molar-refractivity contribution in [3.63, 3.8) is 0 Å². The summed E-state index contributed by atoms with van der Waals surface area (Å²) in [5.74, 6) is 0.805. The van der Waals surface area contributed by atoms with Crippen LogP contribution in [0.5, 0.6) is 0 Å². The Morgan fingerprint density at radius 1 is 1.18 bits per heavy atom. The number of hydrogen-bond acceptors (Lipinski definition) is 5. The summed E-state index contributed by atoms with van der Waals surface area (Å²) in [6.45, 7) is 0. The minimum atomic E-state index is 0.403. The van der Waals surface area contributed by atoms with Gasteiger partial charge in [-0.25, -0.2) is 9.97 Å². The molecule has 0 fully saturated rings. The maximum atomic E-state index is 5.92. The van der Waals surface area contributed by atoms with Crippen LogP contribution in [0, 0.1) is 0 Å². The summed E-state index contributed by atoms with van der Waals surface area (Å²) in [5.41, 5.74) is 13.4. The van der Waals surface area contributed by atoms with Crippen LogP contribution in [-0.4, -0.2) is 16.2 Å². The number of nitrogens with two attached hydrogens (primary N) is 2. The summed E-state index contributed by atoms with van der Waals surface area (Å²) < 4.78 is 0.961. The van der Waals surface area contributed by atoms with Crippen LogP contribution in [0.4, 0.5) is 11.6 Å². The minimum absolute atomic E-state index is 0.403. The molecule has 0 spiro atoms. The SMILES string of the molecule is CSc1nc(N)c(-c2cccc(Br)c2)c(N)n1. The third-order valence-electron chi connectivity index (χ3n) is 2.24. The van der Waals surface area contributed by atoms with Gasteiger partial charge in [0, 0.05) is 4.47 Å². The van der Waals surface area contributed by atoms with Gasteiger partial charge in [0.05, 0.1) is 5.56 Å². The molecule has 1 heterocycles. The van der Waals surface area contributed by atoms with E-state index >= 15 is 0 Å². The van der Waals surface area contributed by atoms with Crippen molar-refractivity contribution in [1.82, 2.24) is 9.97 Å². The maximum Gasteiger partial charge on any atom is 0.191 e. The number of aromatic nitrogens is 2. The van der Waals surface area contributed by atoms with Gasteiger partial charge in [0.2, 0.25) is 0 Å². The highest BCUT2D eigenvalue weighted by atomic mass is 79.9. The molecule has 88 valence electrons. The van der Waals surface area contributed by atoms with Gasteiger partial charge in [-0.15, -0.1) is 0 Å². The third kappa shape index (κ3) is 2.53. The van der Waals surface area contributed by atoms with Crippen molar-refractivity contribution < 1.29 is 0 Å². The lowest BCUT2D eigenvalue weighted by molar-refractivity contribution is 0.990. The van der Waals surface area contributed by atoms with Crippen molar-refractivity contribution in [3.05, 3.63) is 28.7 Å². The molecule has 0 radical (unpaired) electrons. The number of hydrogen-bond donors (Lipinski definition) is 2. The van der Waals surface area contributed by atoms with Crippen molar-refractivity contribution in [2.75, 3.05) is 17.7 Å². The van der Waals surface area contributed by atoms with Gasteiger partial charge in [0.1, 0.15) is 11.6 Å². The van der Waals surface area contributed by atoms with Crippen molar-refractivity contribution in [3.8, 4) is 11.1 Å². The summed E-state index contributed by atoms with van der Waals surface area (Å²) in [7, 11) is 0. The van der Waals surface area contributed by atoms with Gasteiger partial charge in [0.25, 0.3) is 0 Å². The van der Waals surface area contributed by atoms with E-state index in [0.29, 0.717) is 22.4 Å². The minimum Gasteiger partial charge on any atom is -0.383 e. The van der Waals surface area contributed by atoms with Crippen LogP contribution >= 0.6 is 27.7 Å². The van der Waals surface area contributed by atoms with Crippen LogP contribution in [0.1, 0.15) is 0 Å². The molecule has 4 N–H and O–H groups in total. The first-order valence-electron chi connectivity index (χ1n) is 4.84. The van der Waals surface area contributed by atoms with Gasteiger partial charge in [-0.05, 0) is 24.0 Å². The van der Waals surface area contributed by atoms with Crippen LogP contribution < -0.4 is 11.5 Å². The quantitative estimate of drug-likeness (QED) is 0.659. The highest BCUT2D eigenvalue weighted by Crippen LogP contribution is 2.32. The Bertz CT molecular complexity index is 536. The van der Waals surface area contributed by atoms with Crippen molar-refractivity contribution in [1.29, 1.82) is 0 Å². The zero-order valence-electron chi connectivity index (χ0n) is 9.14. The fourth-order valence-corrected chi connectivity index (χ4v) is 2.28. The number of nitrogen functional groups attached to an aromatic ring is 2. The number of thioether (sulfide) groups is 1.